The molecule has 5 heteroatoms. The van der Waals surface area contributed by atoms with Gasteiger partial charge in [0.05, 0.1) is 11.1 Å². The molecule has 0 aliphatic heterocycles. The molecule has 0 aliphatic carbocycles. The highest BCUT2D eigenvalue weighted by Gasteiger charge is 2.15. The van der Waals surface area contributed by atoms with E-state index in [4.69, 9.17) is 23.2 Å². The Balaban J connectivity index is 2.22. The highest BCUT2D eigenvalue weighted by Crippen LogP contribution is 2.26. The molecular weight excluding hydrogens is 276 g/mol. The van der Waals surface area contributed by atoms with Gasteiger partial charge in [0.2, 0.25) is 0 Å². The van der Waals surface area contributed by atoms with Gasteiger partial charge in [-0.1, -0.05) is 29.3 Å². The summed E-state index contributed by atoms with van der Waals surface area (Å²) in [6, 6.07) is 5.88. The number of aromatic nitrogens is 1. The molecule has 0 amide bonds. The van der Waals surface area contributed by atoms with Crippen molar-refractivity contribution in [2.75, 3.05) is 0 Å². The van der Waals surface area contributed by atoms with Crippen molar-refractivity contribution >= 4 is 23.2 Å². The molecule has 1 atom stereocenters. The van der Waals surface area contributed by atoms with E-state index < -0.39 is 11.9 Å². The van der Waals surface area contributed by atoms with Crippen LogP contribution in [-0.2, 0) is 6.42 Å². The average molecular weight is 286 g/mol. The Labute approximate surface area is 114 Å². The number of nitrogens with zero attached hydrogens (tertiary/aromatic N) is 1. The summed E-state index contributed by atoms with van der Waals surface area (Å²) in [5.74, 6) is -0.528. The summed E-state index contributed by atoms with van der Waals surface area (Å²) < 4.78 is 13.6. The molecule has 2 rings (SSSR count). The van der Waals surface area contributed by atoms with Crippen LogP contribution in [0.1, 0.15) is 17.2 Å². The Morgan fingerprint density at radius 3 is 2.72 bits per heavy atom. The Morgan fingerprint density at radius 1 is 1.28 bits per heavy atom. The lowest BCUT2D eigenvalue weighted by atomic mass is 10.0. The van der Waals surface area contributed by atoms with Crippen LogP contribution in [0.25, 0.3) is 0 Å². The Kier molecular flexibility index (Phi) is 4.17. The van der Waals surface area contributed by atoms with Gasteiger partial charge in [-0.2, -0.15) is 0 Å². The summed E-state index contributed by atoms with van der Waals surface area (Å²) in [5, 5.41) is 10.8. The first-order chi connectivity index (χ1) is 8.58. The lowest BCUT2D eigenvalue weighted by molar-refractivity contribution is 0.173. The lowest BCUT2D eigenvalue weighted by Crippen LogP contribution is -2.05. The van der Waals surface area contributed by atoms with Gasteiger partial charge < -0.3 is 5.11 Å². The zero-order valence-corrected chi connectivity index (χ0v) is 10.8. The summed E-state index contributed by atoms with van der Waals surface area (Å²) in [5.41, 5.74) is 0.917. The van der Waals surface area contributed by atoms with Gasteiger partial charge in [-0.15, -0.1) is 0 Å². The van der Waals surface area contributed by atoms with Crippen LogP contribution in [0.4, 0.5) is 4.39 Å². The first kappa shape index (κ1) is 13.3. The second kappa shape index (κ2) is 5.65. The molecule has 2 nitrogen and oxygen atoms in total. The lowest BCUT2D eigenvalue weighted by Gasteiger charge is -2.13. The minimum absolute atomic E-state index is 0.201. The molecule has 1 N–H and O–H groups in total. The van der Waals surface area contributed by atoms with Crippen molar-refractivity contribution in [3.8, 4) is 0 Å². The summed E-state index contributed by atoms with van der Waals surface area (Å²) in [6.07, 6.45) is 2.32. The van der Waals surface area contributed by atoms with Crippen molar-refractivity contribution in [1.29, 1.82) is 0 Å². The number of aliphatic hydroxyl groups excluding tert-OH is 1. The maximum atomic E-state index is 13.6. The highest BCUT2D eigenvalue weighted by molar-refractivity contribution is 6.31. The van der Waals surface area contributed by atoms with Crippen LogP contribution in [-0.4, -0.2) is 10.1 Å². The molecule has 0 aliphatic rings. The third-order valence-electron chi connectivity index (χ3n) is 2.59. The molecule has 1 unspecified atom stereocenters. The minimum Gasteiger partial charge on any atom is -0.388 e. The first-order valence-corrected chi connectivity index (χ1v) is 6.05. The van der Waals surface area contributed by atoms with E-state index in [1.54, 1.807) is 12.3 Å². The van der Waals surface area contributed by atoms with Gasteiger partial charge in [0.25, 0.3) is 0 Å². The summed E-state index contributed by atoms with van der Waals surface area (Å²) in [4.78, 5) is 3.85. The van der Waals surface area contributed by atoms with Crippen molar-refractivity contribution in [2.24, 2.45) is 0 Å². The number of benzene rings is 1. The minimum atomic E-state index is -0.970. The van der Waals surface area contributed by atoms with Gasteiger partial charge in [0.15, 0.2) is 0 Å². The van der Waals surface area contributed by atoms with Gasteiger partial charge in [0.1, 0.15) is 5.82 Å². The monoisotopic (exact) mass is 285 g/mol. The topological polar surface area (TPSA) is 33.1 Å². The molecule has 0 radical (unpaired) electrons. The van der Waals surface area contributed by atoms with Crippen LogP contribution >= 0.6 is 23.2 Å². The molecule has 2 aromatic rings. The molecule has 1 aromatic heterocycles. The van der Waals surface area contributed by atoms with Crippen LogP contribution in [0.3, 0.4) is 0 Å². The van der Waals surface area contributed by atoms with E-state index >= 15 is 0 Å². The fourth-order valence-electron chi connectivity index (χ4n) is 1.66. The number of aliphatic hydroxyl groups is 1. The van der Waals surface area contributed by atoms with Crippen molar-refractivity contribution in [3.63, 3.8) is 0 Å². The molecule has 1 heterocycles. The van der Waals surface area contributed by atoms with Crippen molar-refractivity contribution in [1.82, 2.24) is 4.98 Å². The molecule has 0 saturated carbocycles. The molecule has 0 bridgehead atoms. The van der Waals surface area contributed by atoms with E-state index in [1.807, 2.05) is 0 Å². The van der Waals surface area contributed by atoms with E-state index in [0.717, 1.165) is 0 Å². The SMILES string of the molecule is OC(Cc1ccncc1Cl)c1ccc(Cl)cc1F. The standard InChI is InChI=1S/C13H10Cl2FNO/c14-9-1-2-10(12(16)6-9)13(18)5-8-3-4-17-7-11(8)15/h1-4,6-7,13,18H,5H2. The number of hydrogen-bond donors (Lipinski definition) is 1. The van der Waals surface area contributed by atoms with Crippen LogP contribution < -0.4 is 0 Å². The van der Waals surface area contributed by atoms with Gasteiger partial charge in [-0.3, -0.25) is 4.98 Å². The van der Waals surface area contributed by atoms with Gasteiger partial charge in [-0.25, -0.2) is 4.39 Å². The zero-order chi connectivity index (χ0) is 13.1. The maximum absolute atomic E-state index is 13.6. The van der Waals surface area contributed by atoms with Crippen LogP contribution in [0.15, 0.2) is 36.7 Å². The molecule has 0 fully saturated rings. The predicted octanol–water partition coefficient (Wildman–Crippen LogP) is 3.80. The van der Waals surface area contributed by atoms with Crippen molar-refractivity contribution in [3.05, 3.63) is 63.6 Å². The van der Waals surface area contributed by atoms with E-state index in [9.17, 15) is 9.50 Å². The van der Waals surface area contributed by atoms with Crippen molar-refractivity contribution in [2.45, 2.75) is 12.5 Å². The zero-order valence-electron chi connectivity index (χ0n) is 9.28. The van der Waals surface area contributed by atoms with Crippen LogP contribution in [0, 0.1) is 5.82 Å². The quantitative estimate of drug-likeness (QED) is 0.930. The smallest absolute Gasteiger partial charge is 0.130 e. The summed E-state index contributed by atoms with van der Waals surface area (Å²) in [6.45, 7) is 0. The number of pyridine rings is 1. The maximum Gasteiger partial charge on any atom is 0.130 e. The second-order valence-corrected chi connectivity index (χ2v) is 4.70. The molecule has 0 spiro atoms. The molecule has 0 saturated heterocycles. The molecule has 1 aromatic carbocycles. The highest BCUT2D eigenvalue weighted by atomic mass is 35.5. The summed E-state index contributed by atoms with van der Waals surface area (Å²) in [7, 11) is 0. The number of rotatable bonds is 3. The van der Waals surface area contributed by atoms with E-state index in [1.165, 1.54) is 24.4 Å². The number of halogens is 3. The number of hydrogen-bond acceptors (Lipinski definition) is 2. The van der Waals surface area contributed by atoms with Gasteiger partial charge in [0, 0.05) is 29.4 Å². The fraction of sp³-hybridized carbons (Fsp3) is 0.154. The third-order valence-corrected chi connectivity index (χ3v) is 3.17. The van der Waals surface area contributed by atoms with Gasteiger partial charge in [-0.05, 0) is 23.8 Å². The third kappa shape index (κ3) is 2.99. The Morgan fingerprint density at radius 2 is 2.06 bits per heavy atom. The molecule has 18 heavy (non-hydrogen) atoms. The van der Waals surface area contributed by atoms with E-state index in [-0.39, 0.29) is 12.0 Å². The normalized spacial score (nSPS) is 12.4. The Bertz CT molecular complexity index is 562. The summed E-state index contributed by atoms with van der Waals surface area (Å²) >= 11 is 11.6. The van der Waals surface area contributed by atoms with Crippen LogP contribution in [0.5, 0.6) is 0 Å². The first-order valence-electron chi connectivity index (χ1n) is 5.29. The Hall–Kier alpha value is -1.16. The van der Waals surface area contributed by atoms with Gasteiger partial charge >= 0.3 is 0 Å². The largest absolute Gasteiger partial charge is 0.388 e. The van der Waals surface area contributed by atoms with Crippen molar-refractivity contribution < 1.29 is 9.50 Å². The molecule has 94 valence electrons. The molecular formula is C13H10Cl2FNO. The predicted molar refractivity (Wildman–Crippen MR) is 69.3 cm³/mol. The van der Waals surface area contributed by atoms with Crippen LogP contribution in [0.2, 0.25) is 10.0 Å². The average Bonchev–Trinajstić information content (AvgIpc) is 2.32. The second-order valence-electron chi connectivity index (χ2n) is 3.85. The fourth-order valence-corrected chi connectivity index (χ4v) is 2.01. The van der Waals surface area contributed by atoms with E-state index in [0.29, 0.717) is 15.6 Å². The van der Waals surface area contributed by atoms with E-state index in [2.05, 4.69) is 4.98 Å².